The quantitative estimate of drug-likeness (QED) is 0.234. The van der Waals surface area contributed by atoms with Gasteiger partial charge in [-0.15, -0.1) is 0 Å². The largest absolute Gasteiger partial charge is 0.726 e. The molecule has 1 aliphatic heterocycles. The Kier molecular flexibility index (Phi) is 19.9. The van der Waals surface area contributed by atoms with E-state index < -0.39 is 10.4 Å². The Morgan fingerprint density at radius 3 is 1.50 bits per heavy atom. The van der Waals surface area contributed by atoms with Crippen molar-refractivity contribution in [2.24, 2.45) is 0 Å². The summed E-state index contributed by atoms with van der Waals surface area (Å²) < 4.78 is 36.4. The average molecular weight is 424 g/mol. The van der Waals surface area contributed by atoms with Gasteiger partial charge in [-0.25, -0.2) is 8.42 Å². The Morgan fingerprint density at radius 2 is 1.14 bits per heavy atom. The van der Waals surface area contributed by atoms with Crippen molar-refractivity contribution in [3.8, 4) is 0 Å². The van der Waals surface area contributed by atoms with Crippen LogP contribution in [0.15, 0.2) is 0 Å². The van der Waals surface area contributed by atoms with Gasteiger partial charge in [0, 0.05) is 0 Å². The SMILES string of the molecule is CCCCCCCCCCCCCCCC[NH+]1CCOCC1.COS(=O)(=O)[O-]. The number of rotatable bonds is 16. The molecule has 0 aromatic rings. The molecule has 1 N–H and O–H groups in total. The van der Waals surface area contributed by atoms with Crippen molar-refractivity contribution >= 4 is 10.4 Å². The predicted molar refractivity (Wildman–Crippen MR) is 113 cm³/mol. The molecule has 0 unspecified atom stereocenters. The average Bonchev–Trinajstić information content (AvgIpc) is 2.69. The second-order valence-corrected chi connectivity index (χ2v) is 8.93. The lowest BCUT2D eigenvalue weighted by Crippen LogP contribution is -3.14. The minimum absolute atomic E-state index is 0.808. The highest BCUT2D eigenvalue weighted by Crippen LogP contribution is 2.12. The van der Waals surface area contributed by atoms with Crippen LogP contribution in [0.25, 0.3) is 0 Å². The van der Waals surface area contributed by atoms with E-state index >= 15 is 0 Å². The molecule has 0 radical (unpaired) electrons. The monoisotopic (exact) mass is 423 g/mol. The summed E-state index contributed by atoms with van der Waals surface area (Å²) in [6, 6.07) is 0. The molecule has 6 nitrogen and oxygen atoms in total. The molecule has 0 bridgehead atoms. The van der Waals surface area contributed by atoms with Crippen molar-refractivity contribution in [2.75, 3.05) is 40.0 Å². The molecule has 7 heteroatoms. The third kappa shape index (κ3) is 22.1. The highest BCUT2D eigenvalue weighted by Gasteiger charge is 2.12. The highest BCUT2D eigenvalue weighted by atomic mass is 32.3. The molecule has 0 aromatic carbocycles. The van der Waals surface area contributed by atoms with Gasteiger partial charge in [0.25, 0.3) is 0 Å². The van der Waals surface area contributed by atoms with Gasteiger partial charge < -0.3 is 14.2 Å². The molecular weight excluding hydrogens is 378 g/mol. The van der Waals surface area contributed by atoms with Crippen LogP contribution in [-0.4, -0.2) is 52.9 Å². The molecule has 1 fully saturated rings. The minimum Gasteiger partial charge on any atom is -0.726 e. The second-order valence-electron chi connectivity index (χ2n) is 7.78. The topological polar surface area (TPSA) is 80.1 Å². The number of unbranched alkanes of at least 4 members (excludes halogenated alkanes) is 13. The molecule has 0 aromatic heterocycles. The van der Waals surface area contributed by atoms with Crippen LogP contribution in [0.5, 0.6) is 0 Å². The number of morpholine rings is 1. The van der Waals surface area contributed by atoms with Crippen molar-refractivity contribution in [1.82, 2.24) is 0 Å². The lowest BCUT2D eigenvalue weighted by Gasteiger charge is -2.23. The molecule has 28 heavy (non-hydrogen) atoms. The van der Waals surface area contributed by atoms with Crippen LogP contribution in [0.1, 0.15) is 96.8 Å². The Hall–Kier alpha value is -0.210. The number of nitrogens with one attached hydrogen (secondary N) is 1. The lowest BCUT2D eigenvalue weighted by molar-refractivity contribution is -0.908. The van der Waals surface area contributed by atoms with Crippen molar-refractivity contribution < 1.29 is 26.8 Å². The molecular formula is C21H45NO5S. The van der Waals surface area contributed by atoms with Gasteiger partial charge >= 0.3 is 0 Å². The maximum Gasteiger partial charge on any atom is 0.217 e. The third-order valence-electron chi connectivity index (χ3n) is 5.29. The first kappa shape index (κ1) is 27.8. The van der Waals surface area contributed by atoms with Crippen molar-refractivity contribution in [2.45, 2.75) is 96.8 Å². The molecule has 0 atom stereocenters. The van der Waals surface area contributed by atoms with Crippen LogP contribution >= 0.6 is 0 Å². The van der Waals surface area contributed by atoms with Gasteiger partial charge in [0.05, 0.1) is 26.9 Å². The van der Waals surface area contributed by atoms with E-state index in [1.165, 1.54) is 110 Å². The van der Waals surface area contributed by atoms with Crippen LogP contribution in [0, 0.1) is 0 Å². The summed E-state index contributed by atoms with van der Waals surface area (Å²) in [5.41, 5.74) is 0. The fraction of sp³-hybridized carbons (Fsp3) is 1.00. The van der Waals surface area contributed by atoms with Gasteiger partial charge in [-0.1, -0.05) is 84.0 Å². The first-order valence-corrected chi connectivity index (χ1v) is 12.8. The van der Waals surface area contributed by atoms with E-state index in [0.29, 0.717) is 0 Å². The smallest absolute Gasteiger partial charge is 0.217 e. The van der Waals surface area contributed by atoms with Gasteiger partial charge in [-0.3, -0.25) is 4.18 Å². The first-order chi connectivity index (χ1) is 13.5. The van der Waals surface area contributed by atoms with Crippen LogP contribution in [0.2, 0.25) is 0 Å². The molecule has 1 rings (SSSR count). The Morgan fingerprint density at radius 1 is 0.786 bits per heavy atom. The van der Waals surface area contributed by atoms with Gasteiger partial charge in [-0.05, 0) is 12.8 Å². The molecule has 0 aliphatic carbocycles. The number of quaternary nitrogens is 1. The molecule has 170 valence electrons. The van der Waals surface area contributed by atoms with Gasteiger partial charge in [0.2, 0.25) is 10.4 Å². The predicted octanol–water partition coefficient (Wildman–Crippen LogP) is 3.48. The fourth-order valence-corrected chi connectivity index (χ4v) is 3.48. The maximum absolute atomic E-state index is 9.22. The zero-order valence-corrected chi connectivity index (χ0v) is 19.2. The standard InChI is InChI=1S/C20H41NO.CH4O4S/c1-2-3-4-5-6-7-8-9-10-11-12-13-14-15-16-21-17-19-22-20-18-21;1-5-6(2,3)4/h2-20H2,1H3;1H3,(H,2,3,4). The molecule has 0 amide bonds. The second kappa shape index (κ2) is 20.1. The normalized spacial score (nSPS) is 15.2. The van der Waals surface area contributed by atoms with Gasteiger partial charge in [0.15, 0.2) is 0 Å². The summed E-state index contributed by atoms with van der Waals surface area (Å²) in [6.45, 7) is 8.10. The van der Waals surface area contributed by atoms with Crippen LogP contribution < -0.4 is 4.90 Å². The van der Waals surface area contributed by atoms with E-state index in [-0.39, 0.29) is 0 Å². The van der Waals surface area contributed by atoms with Crippen LogP contribution in [-0.2, 0) is 19.3 Å². The van der Waals surface area contributed by atoms with E-state index in [9.17, 15) is 13.0 Å². The van der Waals surface area contributed by atoms with Gasteiger partial charge in [-0.2, -0.15) is 0 Å². The number of hydrogen-bond donors (Lipinski definition) is 1. The molecule has 0 saturated carbocycles. The zero-order chi connectivity index (χ0) is 20.9. The lowest BCUT2D eigenvalue weighted by atomic mass is 10.0. The highest BCUT2D eigenvalue weighted by molar-refractivity contribution is 7.80. The van der Waals surface area contributed by atoms with Crippen molar-refractivity contribution in [3.63, 3.8) is 0 Å². The van der Waals surface area contributed by atoms with E-state index in [0.717, 1.165) is 20.3 Å². The number of hydrogen-bond acceptors (Lipinski definition) is 5. The summed E-state index contributed by atoms with van der Waals surface area (Å²) in [6.07, 6.45) is 20.4. The summed E-state index contributed by atoms with van der Waals surface area (Å²) in [5, 5.41) is 0. The summed E-state index contributed by atoms with van der Waals surface area (Å²) >= 11 is 0. The van der Waals surface area contributed by atoms with Crippen molar-refractivity contribution in [3.05, 3.63) is 0 Å². The third-order valence-corrected chi connectivity index (χ3v) is 5.70. The summed E-state index contributed by atoms with van der Waals surface area (Å²) in [4.78, 5) is 1.77. The van der Waals surface area contributed by atoms with E-state index in [1.807, 2.05) is 0 Å². The minimum atomic E-state index is -4.41. The van der Waals surface area contributed by atoms with Gasteiger partial charge in [0.1, 0.15) is 13.1 Å². The molecule has 1 heterocycles. The molecule has 1 aliphatic rings. The van der Waals surface area contributed by atoms with E-state index in [2.05, 4.69) is 11.1 Å². The van der Waals surface area contributed by atoms with Crippen LogP contribution in [0.3, 0.4) is 0 Å². The molecule has 1 saturated heterocycles. The summed E-state index contributed by atoms with van der Waals surface area (Å²) in [7, 11) is -3.60. The van der Waals surface area contributed by atoms with Crippen LogP contribution in [0.4, 0.5) is 0 Å². The first-order valence-electron chi connectivity index (χ1n) is 11.4. The maximum atomic E-state index is 9.22. The zero-order valence-electron chi connectivity index (χ0n) is 18.4. The van der Waals surface area contributed by atoms with E-state index in [4.69, 9.17) is 4.74 Å². The Balaban J connectivity index is 0.00000105. The Bertz CT molecular complexity index is 411. The summed E-state index contributed by atoms with van der Waals surface area (Å²) in [5.74, 6) is 0. The van der Waals surface area contributed by atoms with E-state index in [1.54, 1.807) is 4.90 Å². The fourth-order valence-electron chi connectivity index (χ4n) is 3.48. The number of ether oxygens (including phenoxy) is 1. The molecule has 0 spiro atoms. The van der Waals surface area contributed by atoms with Crippen molar-refractivity contribution in [1.29, 1.82) is 0 Å². The Labute approximate surface area is 174 Å².